The molecule has 0 aromatic carbocycles. The van der Waals surface area contributed by atoms with Crippen molar-refractivity contribution in [2.45, 2.75) is 19.3 Å². The van der Waals surface area contributed by atoms with Crippen LogP contribution in [0.3, 0.4) is 0 Å². The van der Waals surface area contributed by atoms with Crippen molar-refractivity contribution in [3.05, 3.63) is 36.3 Å². The largest absolute Gasteiger partial charge is 0.417 e. The van der Waals surface area contributed by atoms with Gasteiger partial charge in [-0.2, -0.15) is 13.2 Å². The maximum Gasteiger partial charge on any atom is 0.417 e. The Morgan fingerprint density at radius 2 is 2.14 bits per heavy atom. The molecule has 0 fully saturated rings. The van der Waals surface area contributed by atoms with Crippen molar-refractivity contribution in [2.24, 2.45) is 0 Å². The minimum atomic E-state index is -4.45. The molecule has 0 unspecified atom stereocenters. The summed E-state index contributed by atoms with van der Waals surface area (Å²) >= 11 is 0. The number of carbonyl (C=O) groups excluding carboxylic acids is 1. The van der Waals surface area contributed by atoms with E-state index in [-0.39, 0.29) is 18.0 Å². The molecule has 2 aromatic heterocycles. The average Bonchev–Trinajstić information content (AvgIpc) is 2.81. The Kier molecular flexibility index (Phi) is 2.96. The number of aromatic nitrogens is 3. The number of alkyl halides is 3. The molecule has 0 aliphatic carbocycles. The normalized spacial score (nSPS) is 15.1. The summed E-state index contributed by atoms with van der Waals surface area (Å²) in [4.78, 5) is 21.2. The molecule has 0 spiro atoms. The van der Waals surface area contributed by atoms with Gasteiger partial charge in [-0.05, 0) is 12.1 Å². The molecule has 0 saturated heterocycles. The van der Waals surface area contributed by atoms with Gasteiger partial charge in [0.15, 0.2) is 5.65 Å². The van der Waals surface area contributed by atoms with Crippen molar-refractivity contribution < 1.29 is 18.0 Å². The summed E-state index contributed by atoms with van der Waals surface area (Å²) in [5, 5.41) is 0. The Bertz CT molecular complexity index is 735. The van der Waals surface area contributed by atoms with E-state index in [1.165, 1.54) is 6.08 Å². The number of rotatable bonds is 1. The maximum absolute atomic E-state index is 12.7. The molecule has 0 radical (unpaired) electrons. The number of fused-ring (bicyclic) bond motifs is 3. The van der Waals surface area contributed by atoms with Crippen LogP contribution in [0, 0.1) is 0 Å². The van der Waals surface area contributed by atoms with E-state index < -0.39 is 11.7 Å². The van der Waals surface area contributed by atoms with Crippen LogP contribution in [0.1, 0.15) is 11.4 Å². The average molecular weight is 296 g/mol. The number of carbonyl (C=O) groups is 1. The number of hydrogen-bond donors (Lipinski definition) is 0. The van der Waals surface area contributed by atoms with Gasteiger partial charge in [0.05, 0.1) is 12.1 Å². The molecule has 0 saturated carbocycles. The summed E-state index contributed by atoms with van der Waals surface area (Å²) in [5.41, 5.74) is -0.235. The number of imidazole rings is 1. The molecule has 8 heteroatoms. The molecule has 0 atom stereocenters. The monoisotopic (exact) mass is 296 g/mol. The van der Waals surface area contributed by atoms with Gasteiger partial charge < -0.3 is 9.47 Å². The first-order chi connectivity index (χ1) is 9.90. The first kappa shape index (κ1) is 13.6. The van der Waals surface area contributed by atoms with Crippen molar-refractivity contribution in [3.8, 4) is 0 Å². The second-order valence-electron chi connectivity index (χ2n) is 4.71. The summed E-state index contributed by atoms with van der Waals surface area (Å²) in [6.07, 6.45) is -2.44. The zero-order chi connectivity index (χ0) is 15.2. The highest BCUT2D eigenvalue weighted by molar-refractivity contribution is 5.87. The number of hydrogen-bond acceptors (Lipinski definition) is 3. The highest BCUT2D eigenvalue weighted by atomic mass is 19.4. The van der Waals surface area contributed by atoms with Gasteiger partial charge in [-0.3, -0.25) is 4.79 Å². The third-order valence-corrected chi connectivity index (χ3v) is 3.40. The zero-order valence-electron chi connectivity index (χ0n) is 10.9. The predicted octanol–water partition coefficient (Wildman–Crippen LogP) is 1.98. The second kappa shape index (κ2) is 4.57. The Morgan fingerprint density at radius 3 is 2.81 bits per heavy atom. The molecular weight excluding hydrogens is 285 g/mol. The molecule has 2 aromatic rings. The van der Waals surface area contributed by atoms with Crippen LogP contribution < -0.4 is 0 Å². The van der Waals surface area contributed by atoms with E-state index in [9.17, 15) is 18.0 Å². The molecule has 0 N–H and O–H groups in total. The fourth-order valence-corrected chi connectivity index (χ4v) is 2.36. The molecular formula is C13H11F3N4O. The van der Waals surface area contributed by atoms with Crippen LogP contribution in [0.5, 0.6) is 0 Å². The van der Waals surface area contributed by atoms with Gasteiger partial charge >= 0.3 is 6.18 Å². The maximum atomic E-state index is 12.7. The van der Waals surface area contributed by atoms with Crippen molar-refractivity contribution in [1.82, 2.24) is 19.4 Å². The van der Waals surface area contributed by atoms with Crippen molar-refractivity contribution >= 4 is 17.1 Å². The summed E-state index contributed by atoms with van der Waals surface area (Å²) in [7, 11) is 0. The fraction of sp³-hybridized carbons (Fsp3) is 0.308. The quantitative estimate of drug-likeness (QED) is 0.756. The third kappa shape index (κ3) is 2.26. The Hall–Kier alpha value is -2.38. The molecule has 1 amide bonds. The molecule has 3 heterocycles. The number of pyridine rings is 1. The van der Waals surface area contributed by atoms with E-state index >= 15 is 0 Å². The van der Waals surface area contributed by atoms with Gasteiger partial charge in [-0.25, -0.2) is 9.97 Å². The number of nitrogens with zero attached hydrogens (tertiary/aromatic N) is 4. The molecule has 3 rings (SSSR count). The zero-order valence-corrected chi connectivity index (χ0v) is 10.9. The predicted molar refractivity (Wildman–Crippen MR) is 68.1 cm³/mol. The Morgan fingerprint density at radius 1 is 1.38 bits per heavy atom. The number of halogens is 3. The van der Waals surface area contributed by atoms with E-state index in [0.717, 1.165) is 12.3 Å². The van der Waals surface area contributed by atoms with Crippen molar-refractivity contribution in [3.63, 3.8) is 0 Å². The lowest BCUT2D eigenvalue weighted by atomic mass is 10.2. The van der Waals surface area contributed by atoms with Gasteiger partial charge in [0.1, 0.15) is 11.3 Å². The highest BCUT2D eigenvalue weighted by Crippen LogP contribution is 2.31. The Balaban J connectivity index is 2.02. The molecule has 5 nitrogen and oxygen atoms in total. The summed E-state index contributed by atoms with van der Waals surface area (Å²) in [5.74, 6) is 0.301. The minimum absolute atomic E-state index is 0.188. The fourth-order valence-electron chi connectivity index (χ4n) is 2.36. The standard InChI is InChI=1S/C13H11F3N4O/c1-2-11(21)19-3-4-20-10(7-19)18-9-5-8(13(14,15)16)6-17-12(9)20/h2,5-6H,1,3-4,7H2. The molecule has 110 valence electrons. The summed E-state index contributed by atoms with van der Waals surface area (Å²) in [6.45, 7) is 4.55. The molecule has 1 aliphatic rings. The van der Waals surface area contributed by atoms with Crippen molar-refractivity contribution in [2.75, 3.05) is 6.54 Å². The van der Waals surface area contributed by atoms with E-state index in [0.29, 0.717) is 24.6 Å². The molecule has 1 aliphatic heterocycles. The lowest BCUT2D eigenvalue weighted by molar-refractivity contribution is -0.137. The van der Waals surface area contributed by atoms with Crippen LogP contribution >= 0.6 is 0 Å². The van der Waals surface area contributed by atoms with E-state index in [4.69, 9.17) is 0 Å². The highest BCUT2D eigenvalue weighted by Gasteiger charge is 2.32. The summed E-state index contributed by atoms with van der Waals surface area (Å²) < 4.78 is 39.8. The van der Waals surface area contributed by atoms with Crippen LogP contribution in [0.4, 0.5) is 13.2 Å². The second-order valence-corrected chi connectivity index (χ2v) is 4.71. The lowest BCUT2D eigenvalue weighted by Crippen LogP contribution is -2.37. The van der Waals surface area contributed by atoms with Crippen LogP contribution in [-0.4, -0.2) is 31.9 Å². The van der Waals surface area contributed by atoms with E-state index in [1.807, 2.05) is 0 Å². The van der Waals surface area contributed by atoms with E-state index in [2.05, 4.69) is 16.5 Å². The van der Waals surface area contributed by atoms with Gasteiger partial charge in [0.25, 0.3) is 0 Å². The van der Waals surface area contributed by atoms with Crippen LogP contribution in [0.25, 0.3) is 11.2 Å². The number of amides is 1. The van der Waals surface area contributed by atoms with Gasteiger partial charge in [-0.1, -0.05) is 6.58 Å². The minimum Gasteiger partial charge on any atom is -0.330 e. The smallest absolute Gasteiger partial charge is 0.330 e. The molecule has 21 heavy (non-hydrogen) atoms. The molecule has 0 bridgehead atoms. The first-order valence-electron chi connectivity index (χ1n) is 6.24. The topological polar surface area (TPSA) is 51.0 Å². The van der Waals surface area contributed by atoms with Crippen LogP contribution in [0.2, 0.25) is 0 Å². The third-order valence-electron chi connectivity index (χ3n) is 3.40. The van der Waals surface area contributed by atoms with Crippen LogP contribution in [-0.2, 0) is 24.1 Å². The van der Waals surface area contributed by atoms with Gasteiger partial charge in [-0.15, -0.1) is 0 Å². The SMILES string of the molecule is C=CC(=O)N1CCn2c(nc3cc(C(F)(F)F)cnc32)C1. The van der Waals surface area contributed by atoms with Gasteiger partial charge in [0, 0.05) is 19.3 Å². The summed E-state index contributed by atoms with van der Waals surface area (Å²) in [6, 6.07) is 0.979. The van der Waals surface area contributed by atoms with Crippen molar-refractivity contribution in [1.29, 1.82) is 0 Å². The first-order valence-corrected chi connectivity index (χ1v) is 6.24. The van der Waals surface area contributed by atoms with Gasteiger partial charge in [0.2, 0.25) is 5.91 Å². The Labute approximate surface area is 117 Å². The van der Waals surface area contributed by atoms with Crippen LogP contribution in [0.15, 0.2) is 24.9 Å². The lowest BCUT2D eigenvalue weighted by Gasteiger charge is -2.26. The van der Waals surface area contributed by atoms with E-state index in [1.54, 1.807) is 9.47 Å².